The average Bonchev–Trinajstić information content (AvgIpc) is 2.28. The van der Waals surface area contributed by atoms with Gasteiger partial charge >= 0.3 is 0 Å². The Morgan fingerprint density at radius 1 is 1.24 bits per heavy atom. The predicted octanol–water partition coefficient (Wildman–Crippen LogP) is 3.27. The highest BCUT2D eigenvalue weighted by Crippen LogP contribution is 2.18. The second kappa shape index (κ2) is 5.62. The maximum atomic E-state index is 11.4. The van der Waals surface area contributed by atoms with Crippen molar-refractivity contribution in [1.82, 2.24) is 5.01 Å². The summed E-state index contributed by atoms with van der Waals surface area (Å²) >= 11 is 0. The molecule has 0 atom stereocenters. The average molecular weight is 232 g/mol. The fourth-order valence-corrected chi connectivity index (χ4v) is 1.28. The lowest BCUT2D eigenvalue weighted by Gasteiger charge is -2.21. The Hall–Kier alpha value is -1.64. The van der Waals surface area contributed by atoms with Gasteiger partial charge in [0.2, 0.25) is 0 Å². The molecule has 1 aliphatic rings. The molecule has 1 heterocycles. The first-order valence-electron chi connectivity index (χ1n) is 5.84. The molecule has 0 aromatic carbocycles. The molecule has 0 saturated heterocycles. The maximum absolute atomic E-state index is 11.4. The first-order chi connectivity index (χ1) is 7.93. The van der Waals surface area contributed by atoms with Crippen molar-refractivity contribution in [3.05, 3.63) is 35.7 Å². The van der Waals surface area contributed by atoms with E-state index in [4.69, 9.17) is 0 Å². The Morgan fingerprint density at radius 3 is 2.41 bits per heavy atom. The highest BCUT2D eigenvalue weighted by atomic mass is 16.1. The van der Waals surface area contributed by atoms with E-state index in [9.17, 15) is 4.79 Å². The van der Waals surface area contributed by atoms with Gasteiger partial charge in [0.05, 0.1) is 5.70 Å². The van der Waals surface area contributed by atoms with Gasteiger partial charge in [-0.15, -0.1) is 0 Å². The zero-order valence-electron chi connectivity index (χ0n) is 11.2. The van der Waals surface area contributed by atoms with E-state index in [-0.39, 0.29) is 5.78 Å². The topological polar surface area (TPSA) is 32.7 Å². The van der Waals surface area contributed by atoms with Gasteiger partial charge in [-0.1, -0.05) is 19.9 Å². The quantitative estimate of drug-likeness (QED) is 0.552. The second-order valence-electron chi connectivity index (χ2n) is 4.51. The van der Waals surface area contributed by atoms with Gasteiger partial charge in [0.25, 0.3) is 0 Å². The number of rotatable bonds is 3. The predicted molar refractivity (Wildman–Crippen MR) is 71.4 cm³/mol. The van der Waals surface area contributed by atoms with E-state index in [0.717, 1.165) is 17.0 Å². The monoisotopic (exact) mass is 232 g/mol. The largest absolute Gasteiger partial charge is 0.295 e. The highest BCUT2D eigenvalue weighted by Gasteiger charge is 2.12. The van der Waals surface area contributed by atoms with E-state index in [1.807, 2.05) is 38.3 Å². The van der Waals surface area contributed by atoms with Crippen LogP contribution in [0.5, 0.6) is 0 Å². The molecule has 0 fully saturated rings. The molecule has 3 nitrogen and oxygen atoms in total. The number of carbonyl (C=O) groups is 1. The van der Waals surface area contributed by atoms with Crippen LogP contribution in [0.3, 0.4) is 0 Å². The summed E-state index contributed by atoms with van der Waals surface area (Å²) in [5.74, 6) is 0.468. The minimum Gasteiger partial charge on any atom is -0.295 e. The van der Waals surface area contributed by atoms with Crippen molar-refractivity contribution in [2.45, 2.75) is 34.6 Å². The summed E-state index contributed by atoms with van der Waals surface area (Å²) in [4.78, 5) is 11.4. The number of ketones is 1. The van der Waals surface area contributed by atoms with E-state index >= 15 is 0 Å². The van der Waals surface area contributed by atoms with Crippen molar-refractivity contribution >= 4 is 11.5 Å². The molecule has 0 aromatic rings. The number of hydrazone groups is 1. The van der Waals surface area contributed by atoms with E-state index in [0.29, 0.717) is 5.92 Å². The van der Waals surface area contributed by atoms with Crippen LogP contribution in [-0.2, 0) is 4.79 Å². The molecular formula is C14H20N2O. The van der Waals surface area contributed by atoms with Crippen molar-refractivity contribution in [3.8, 4) is 0 Å². The SMILES string of the molecule is CC(=O)/C(C)=C1\C=CC=CN1/N=C(\C)C(C)C. The van der Waals surface area contributed by atoms with E-state index in [2.05, 4.69) is 18.9 Å². The molecule has 3 heteroatoms. The number of carbonyl (C=O) groups excluding carboxylic acids is 1. The number of allylic oxidation sites excluding steroid dienone is 4. The molecular weight excluding hydrogens is 212 g/mol. The lowest BCUT2D eigenvalue weighted by atomic mass is 10.1. The highest BCUT2D eigenvalue weighted by molar-refractivity contribution is 5.94. The molecule has 92 valence electrons. The van der Waals surface area contributed by atoms with Crippen LogP contribution in [0.25, 0.3) is 0 Å². The zero-order chi connectivity index (χ0) is 13.0. The van der Waals surface area contributed by atoms with Crippen molar-refractivity contribution in [3.63, 3.8) is 0 Å². The van der Waals surface area contributed by atoms with Crippen LogP contribution in [0, 0.1) is 5.92 Å². The van der Waals surface area contributed by atoms with Crippen LogP contribution in [-0.4, -0.2) is 16.5 Å². The summed E-state index contributed by atoms with van der Waals surface area (Å²) in [5.41, 5.74) is 2.62. The minimum atomic E-state index is 0.0716. The van der Waals surface area contributed by atoms with Crippen LogP contribution in [0.4, 0.5) is 0 Å². The summed E-state index contributed by atoms with van der Waals surface area (Å²) in [7, 11) is 0. The first kappa shape index (κ1) is 13.4. The molecule has 0 bridgehead atoms. The Kier molecular flexibility index (Phi) is 4.44. The lowest BCUT2D eigenvalue weighted by molar-refractivity contribution is -0.113. The lowest BCUT2D eigenvalue weighted by Crippen LogP contribution is -2.17. The van der Waals surface area contributed by atoms with Gasteiger partial charge in [-0.3, -0.25) is 4.79 Å². The number of nitrogens with zero attached hydrogens (tertiary/aromatic N) is 2. The minimum absolute atomic E-state index is 0.0716. The molecule has 0 radical (unpaired) electrons. The zero-order valence-corrected chi connectivity index (χ0v) is 11.2. The Morgan fingerprint density at radius 2 is 1.88 bits per heavy atom. The van der Waals surface area contributed by atoms with Gasteiger partial charge in [-0.05, 0) is 38.8 Å². The van der Waals surface area contributed by atoms with Crippen LogP contribution < -0.4 is 0 Å². The second-order valence-corrected chi connectivity index (χ2v) is 4.51. The van der Waals surface area contributed by atoms with E-state index < -0.39 is 0 Å². The fourth-order valence-electron chi connectivity index (χ4n) is 1.28. The molecule has 1 rings (SSSR count). The molecule has 0 amide bonds. The normalized spacial score (nSPS) is 18.9. The number of hydrogen-bond donors (Lipinski definition) is 0. The smallest absolute Gasteiger partial charge is 0.157 e. The van der Waals surface area contributed by atoms with E-state index in [1.165, 1.54) is 0 Å². The molecule has 0 spiro atoms. The van der Waals surface area contributed by atoms with Crippen LogP contribution in [0.15, 0.2) is 40.8 Å². The maximum Gasteiger partial charge on any atom is 0.157 e. The van der Waals surface area contributed by atoms with Crippen molar-refractivity contribution in [2.75, 3.05) is 0 Å². The number of Topliss-reactive ketones (excluding diaryl/α,β-unsaturated/α-hetero) is 1. The summed E-state index contributed by atoms with van der Waals surface area (Å²) in [5, 5.41) is 6.29. The summed E-state index contributed by atoms with van der Waals surface area (Å²) in [6.07, 6.45) is 7.61. The molecule has 17 heavy (non-hydrogen) atoms. The molecule has 0 aliphatic carbocycles. The number of hydrogen-bond acceptors (Lipinski definition) is 3. The van der Waals surface area contributed by atoms with Crippen LogP contribution >= 0.6 is 0 Å². The van der Waals surface area contributed by atoms with Crippen molar-refractivity contribution < 1.29 is 4.79 Å². The van der Waals surface area contributed by atoms with Gasteiger partial charge < -0.3 is 0 Å². The van der Waals surface area contributed by atoms with Crippen molar-refractivity contribution in [2.24, 2.45) is 11.0 Å². The standard InChI is InChI=1S/C14H20N2O/c1-10(2)12(4)15-16-9-7-6-8-14(16)11(3)13(5)17/h6-10H,1-5H3/b14-11+,15-12+. The summed E-state index contributed by atoms with van der Waals surface area (Å²) in [6.45, 7) is 9.60. The Balaban J connectivity index is 3.10. The van der Waals surface area contributed by atoms with Gasteiger partial charge in [-0.25, -0.2) is 5.01 Å². The molecule has 0 N–H and O–H groups in total. The van der Waals surface area contributed by atoms with Crippen LogP contribution in [0.1, 0.15) is 34.6 Å². The third-order valence-corrected chi connectivity index (χ3v) is 2.85. The molecule has 0 aromatic heterocycles. The van der Waals surface area contributed by atoms with Gasteiger partial charge in [0.15, 0.2) is 5.78 Å². The van der Waals surface area contributed by atoms with Gasteiger partial charge in [0, 0.05) is 17.5 Å². The summed E-state index contributed by atoms with van der Waals surface area (Å²) < 4.78 is 0. The molecule has 1 aliphatic heterocycles. The molecule has 0 unspecified atom stereocenters. The fraction of sp³-hybridized carbons (Fsp3) is 0.429. The summed E-state index contributed by atoms with van der Waals surface area (Å²) in [6, 6.07) is 0. The first-order valence-corrected chi connectivity index (χ1v) is 5.84. The molecule has 0 saturated carbocycles. The third kappa shape index (κ3) is 3.41. The Bertz CT molecular complexity index is 426. The van der Waals surface area contributed by atoms with Gasteiger partial charge in [-0.2, -0.15) is 5.10 Å². The van der Waals surface area contributed by atoms with Crippen molar-refractivity contribution in [1.29, 1.82) is 0 Å². The third-order valence-electron chi connectivity index (χ3n) is 2.85. The van der Waals surface area contributed by atoms with Crippen LogP contribution in [0.2, 0.25) is 0 Å². The van der Waals surface area contributed by atoms with E-state index in [1.54, 1.807) is 11.9 Å². The Labute approximate surface area is 103 Å². The van der Waals surface area contributed by atoms with Gasteiger partial charge in [0.1, 0.15) is 0 Å².